The van der Waals surface area contributed by atoms with Crippen LogP contribution in [0.25, 0.3) is 0 Å². The summed E-state index contributed by atoms with van der Waals surface area (Å²) in [4.78, 5) is 0.233. The van der Waals surface area contributed by atoms with Crippen LogP contribution in [-0.2, 0) is 6.54 Å². The summed E-state index contributed by atoms with van der Waals surface area (Å²) in [5.41, 5.74) is -3.20. The summed E-state index contributed by atoms with van der Waals surface area (Å²) in [7, 11) is 0. The van der Waals surface area contributed by atoms with E-state index >= 15 is 0 Å². The molecule has 0 saturated heterocycles. The molecule has 0 bridgehead atoms. The predicted octanol–water partition coefficient (Wildman–Crippen LogP) is 4.50. The summed E-state index contributed by atoms with van der Waals surface area (Å²) in [6.45, 7) is 0.704. The maximum Gasteiger partial charge on any atom is 0.446 e. The molecule has 1 atom stereocenters. The Labute approximate surface area is 115 Å². The zero-order chi connectivity index (χ0) is 13.7. The van der Waals surface area contributed by atoms with Crippen LogP contribution in [0.4, 0.5) is 13.2 Å². The van der Waals surface area contributed by atoms with E-state index in [0.29, 0.717) is 12.6 Å². The Hall–Kier alpha value is -0.940. The van der Waals surface area contributed by atoms with Gasteiger partial charge in [-0.3, -0.25) is 0 Å². The normalized spacial score (nSPS) is 19.6. The Morgan fingerprint density at radius 3 is 2.47 bits per heavy atom. The number of alkyl halides is 3. The number of hydrogen-bond acceptors (Lipinski definition) is 2. The van der Waals surface area contributed by atoms with Gasteiger partial charge in [0.2, 0.25) is 0 Å². The molecule has 1 aromatic carbocycles. The second-order valence-electron chi connectivity index (χ2n) is 4.55. The molecule has 0 radical (unpaired) electrons. The fourth-order valence-electron chi connectivity index (χ4n) is 2.05. The zero-order valence-electron chi connectivity index (χ0n) is 10.4. The topological polar surface area (TPSA) is 12.0 Å². The quantitative estimate of drug-likeness (QED) is 0.646. The first kappa shape index (κ1) is 14.5. The third-order valence-electron chi connectivity index (χ3n) is 3.02. The molecule has 0 aliphatic heterocycles. The number of nitrogens with one attached hydrogen (secondary N) is 1. The highest BCUT2D eigenvalue weighted by atomic mass is 32.2. The van der Waals surface area contributed by atoms with Crippen LogP contribution in [0.3, 0.4) is 0 Å². The summed E-state index contributed by atoms with van der Waals surface area (Å²) in [6, 6.07) is 7.03. The lowest BCUT2D eigenvalue weighted by Gasteiger charge is -2.19. The standard InChI is InChI=1S/C14H16F3NS/c15-14(16,17)19-13-8-6-11(7-9-13)10-18-12-4-2-1-3-5-12/h1-2,6-9,12,18H,3-5,10H2. The van der Waals surface area contributed by atoms with Crippen molar-refractivity contribution in [2.75, 3.05) is 0 Å². The maximum atomic E-state index is 12.2. The minimum atomic E-state index is -4.21. The molecule has 0 aromatic heterocycles. The third-order valence-corrected chi connectivity index (χ3v) is 3.76. The summed E-state index contributed by atoms with van der Waals surface area (Å²) in [6.07, 6.45) is 7.60. The van der Waals surface area contributed by atoms with Crippen molar-refractivity contribution in [3.8, 4) is 0 Å². The van der Waals surface area contributed by atoms with Gasteiger partial charge in [0, 0.05) is 17.5 Å². The van der Waals surface area contributed by atoms with Crippen LogP contribution >= 0.6 is 11.8 Å². The molecule has 0 amide bonds. The molecule has 1 N–H and O–H groups in total. The fourth-order valence-corrected chi connectivity index (χ4v) is 2.59. The Bertz CT molecular complexity index is 425. The summed E-state index contributed by atoms with van der Waals surface area (Å²) in [5, 5.41) is 3.43. The minimum Gasteiger partial charge on any atom is -0.310 e. The van der Waals surface area contributed by atoms with Gasteiger partial charge < -0.3 is 5.32 Å². The van der Waals surface area contributed by atoms with E-state index in [4.69, 9.17) is 0 Å². The largest absolute Gasteiger partial charge is 0.446 e. The van der Waals surface area contributed by atoms with E-state index in [0.717, 1.165) is 24.8 Å². The molecule has 1 aliphatic rings. The van der Waals surface area contributed by atoms with Gasteiger partial charge in [0.25, 0.3) is 0 Å². The van der Waals surface area contributed by atoms with E-state index in [2.05, 4.69) is 17.5 Å². The number of benzene rings is 1. The van der Waals surface area contributed by atoms with Crippen LogP contribution in [0, 0.1) is 0 Å². The first-order valence-electron chi connectivity index (χ1n) is 6.26. The zero-order valence-corrected chi connectivity index (χ0v) is 11.2. The Kier molecular flexibility index (Phi) is 4.93. The molecule has 0 saturated carbocycles. The van der Waals surface area contributed by atoms with Crippen molar-refractivity contribution in [1.29, 1.82) is 0 Å². The van der Waals surface area contributed by atoms with Crippen LogP contribution in [0.1, 0.15) is 24.8 Å². The maximum absolute atomic E-state index is 12.2. The van der Waals surface area contributed by atoms with E-state index in [1.165, 1.54) is 12.1 Å². The summed E-state index contributed by atoms with van der Waals surface area (Å²) < 4.78 is 36.5. The van der Waals surface area contributed by atoms with E-state index in [1.54, 1.807) is 12.1 Å². The summed E-state index contributed by atoms with van der Waals surface area (Å²) >= 11 is -0.0739. The van der Waals surface area contributed by atoms with Crippen molar-refractivity contribution in [2.45, 2.75) is 42.3 Å². The minimum absolute atomic E-state index is 0.0739. The molecule has 0 heterocycles. The fraction of sp³-hybridized carbons (Fsp3) is 0.429. The van der Waals surface area contributed by atoms with E-state index in [1.807, 2.05) is 0 Å². The van der Waals surface area contributed by atoms with Gasteiger partial charge in [-0.1, -0.05) is 24.3 Å². The van der Waals surface area contributed by atoms with Crippen molar-refractivity contribution in [3.05, 3.63) is 42.0 Å². The first-order valence-corrected chi connectivity index (χ1v) is 7.08. The molecule has 2 rings (SSSR count). The first-order chi connectivity index (χ1) is 9.03. The van der Waals surface area contributed by atoms with Gasteiger partial charge >= 0.3 is 5.51 Å². The number of rotatable bonds is 4. The average Bonchev–Trinajstić information content (AvgIpc) is 2.37. The monoisotopic (exact) mass is 287 g/mol. The average molecular weight is 287 g/mol. The lowest BCUT2D eigenvalue weighted by molar-refractivity contribution is -0.0328. The summed E-state index contributed by atoms with van der Waals surface area (Å²) in [5.74, 6) is 0. The molecule has 0 spiro atoms. The lowest BCUT2D eigenvalue weighted by atomic mass is 10.0. The number of hydrogen-bond donors (Lipinski definition) is 1. The van der Waals surface area contributed by atoms with Crippen molar-refractivity contribution in [2.24, 2.45) is 0 Å². The van der Waals surface area contributed by atoms with Crippen LogP contribution in [-0.4, -0.2) is 11.6 Å². The van der Waals surface area contributed by atoms with Crippen LogP contribution in [0.15, 0.2) is 41.3 Å². The van der Waals surface area contributed by atoms with Gasteiger partial charge in [-0.25, -0.2) is 0 Å². The molecule has 1 nitrogen and oxygen atoms in total. The SMILES string of the molecule is FC(F)(F)Sc1ccc(CNC2CC=CCC2)cc1. The lowest BCUT2D eigenvalue weighted by Crippen LogP contribution is -2.29. The molecule has 1 aromatic rings. The predicted molar refractivity (Wildman–Crippen MR) is 72.0 cm³/mol. The second kappa shape index (κ2) is 6.48. The Morgan fingerprint density at radius 1 is 1.16 bits per heavy atom. The van der Waals surface area contributed by atoms with Gasteiger partial charge in [0.05, 0.1) is 0 Å². The molecule has 5 heteroatoms. The van der Waals surface area contributed by atoms with Crippen LogP contribution < -0.4 is 5.32 Å². The highest BCUT2D eigenvalue weighted by Gasteiger charge is 2.28. The van der Waals surface area contributed by atoms with Gasteiger partial charge in [-0.05, 0) is 48.7 Å². The Morgan fingerprint density at radius 2 is 1.89 bits per heavy atom. The van der Waals surface area contributed by atoms with Crippen molar-refractivity contribution < 1.29 is 13.2 Å². The second-order valence-corrected chi connectivity index (χ2v) is 5.69. The van der Waals surface area contributed by atoms with E-state index in [9.17, 15) is 13.2 Å². The van der Waals surface area contributed by atoms with E-state index in [-0.39, 0.29) is 16.7 Å². The van der Waals surface area contributed by atoms with Crippen molar-refractivity contribution >= 4 is 11.8 Å². The number of allylic oxidation sites excluding steroid dienone is 1. The van der Waals surface area contributed by atoms with Crippen molar-refractivity contribution in [1.82, 2.24) is 5.32 Å². The van der Waals surface area contributed by atoms with Crippen molar-refractivity contribution in [3.63, 3.8) is 0 Å². The molecule has 1 aliphatic carbocycles. The third kappa shape index (κ3) is 5.28. The molecule has 104 valence electrons. The Balaban J connectivity index is 1.83. The molecular formula is C14H16F3NS. The van der Waals surface area contributed by atoms with Gasteiger partial charge in [0.1, 0.15) is 0 Å². The highest BCUT2D eigenvalue weighted by Crippen LogP contribution is 2.36. The van der Waals surface area contributed by atoms with Crippen LogP contribution in [0.5, 0.6) is 0 Å². The highest BCUT2D eigenvalue weighted by molar-refractivity contribution is 8.00. The number of thioether (sulfide) groups is 1. The van der Waals surface area contributed by atoms with Gasteiger partial charge in [0.15, 0.2) is 0 Å². The van der Waals surface area contributed by atoms with Crippen LogP contribution in [0.2, 0.25) is 0 Å². The van der Waals surface area contributed by atoms with Gasteiger partial charge in [-0.2, -0.15) is 13.2 Å². The molecular weight excluding hydrogens is 271 g/mol. The van der Waals surface area contributed by atoms with Gasteiger partial charge in [-0.15, -0.1) is 0 Å². The molecule has 0 fully saturated rings. The molecule has 19 heavy (non-hydrogen) atoms. The smallest absolute Gasteiger partial charge is 0.310 e. The van der Waals surface area contributed by atoms with E-state index < -0.39 is 5.51 Å². The number of halogens is 3. The molecule has 1 unspecified atom stereocenters.